The molecule has 92 heavy (non-hydrogen) atoms. The van der Waals surface area contributed by atoms with E-state index in [0.717, 1.165) is 16.7 Å². The van der Waals surface area contributed by atoms with Crippen LogP contribution in [-0.4, -0.2) is 228 Å². The normalized spacial score (nSPS) is 25.6. The molecule has 0 aliphatic carbocycles. The van der Waals surface area contributed by atoms with Crippen molar-refractivity contribution in [1.29, 1.82) is 5.26 Å². The lowest BCUT2D eigenvalue weighted by Crippen LogP contribution is -2.64. The molecule has 11 amide bonds. The molecular weight excluding hydrogens is 1180 g/mol. The minimum Gasteiger partial charge on any atom is -0.459 e. The van der Waals surface area contributed by atoms with Gasteiger partial charge in [-0.25, -0.2) is 0 Å². The van der Waals surface area contributed by atoms with E-state index in [1.54, 1.807) is 41.5 Å². The highest BCUT2D eigenvalue weighted by atomic mass is 16.5. The van der Waals surface area contributed by atoms with Crippen molar-refractivity contribution in [2.45, 2.75) is 242 Å². The van der Waals surface area contributed by atoms with Gasteiger partial charge in [-0.1, -0.05) is 109 Å². The highest BCUT2D eigenvalue weighted by molar-refractivity contribution is 5.99. The van der Waals surface area contributed by atoms with Crippen LogP contribution >= 0.6 is 0 Å². The first kappa shape index (κ1) is 82.9. The summed E-state index contributed by atoms with van der Waals surface area (Å²) in [6.07, 6.45) is 4.55. The molecule has 1 aliphatic heterocycles. The topological polar surface area (TPSA) is 309 Å². The molecule has 4 N–H and O–H groups in total. The Morgan fingerprint density at radius 3 is 1.43 bits per heavy atom. The van der Waals surface area contributed by atoms with Crippen molar-refractivity contribution in [3.63, 3.8) is 0 Å². The lowest BCUT2D eigenvalue weighted by atomic mass is 9.91. The van der Waals surface area contributed by atoms with Crippen molar-refractivity contribution in [2.75, 3.05) is 55.9 Å². The molecule has 0 aromatic rings. The van der Waals surface area contributed by atoms with Gasteiger partial charge in [-0.05, 0) is 107 Å². The van der Waals surface area contributed by atoms with Gasteiger partial charge in [-0.15, -0.1) is 0 Å². The quantitative estimate of drug-likeness (QED) is 0.0786. The summed E-state index contributed by atoms with van der Waals surface area (Å²) < 4.78 is 5.98. The average Bonchev–Trinajstić information content (AvgIpc) is 0.817. The molecule has 25 heteroatoms. The Morgan fingerprint density at radius 1 is 0.522 bits per heavy atom. The van der Waals surface area contributed by atoms with E-state index < -0.39 is 162 Å². The van der Waals surface area contributed by atoms with E-state index in [2.05, 4.69) is 27.3 Å². The van der Waals surface area contributed by atoms with Gasteiger partial charge >= 0.3 is 5.97 Å². The standard InChI is InChI=1S/C67H116N12O13/c1-25-48-63(87)73(18)37-53(81)74(19)49(33-38(2)3)60(84)72-54(42(10)11)66(90)75(20)50(34-39(4)5)59(83)69-45(15)58(82)70-46(16)62(86)76(21)51(35-40(6)7)64(88)77(22)52(36-41(8)9)65(89)78(23)55(43(12)13)67(91)79(24)56(61(85)71-48)57(92-47(17)80)44(14)31-29-27-26-28-30-32-68/h27,29,38-46,48-52,54-57H,25-26,28,30-31,33-37H2,1-24H3,(H,69,83)(H,70,82)(H,71,85)(H,72,84)/b29-27+/t44-,45-,46+,48-,49+,50-,51-,52-,54-,55-,56+,57-/m1/s1. The van der Waals surface area contributed by atoms with Crippen LogP contribution in [0, 0.1) is 52.8 Å². The van der Waals surface area contributed by atoms with E-state index in [4.69, 9.17) is 10.00 Å². The van der Waals surface area contributed by atoms with E-state index in [0.29, 0.717) is 19.3 Å². The van der Waals surface area contributed by atoms with Crippen LogP contribution < -0.4 is 21.3 Å². The largest absolute Gasteiger partial charge is 0.459 e. The molecule has 1 aliphatic rings. The molecule has 0 aromatic carbocycles. The number of unbranched alkanes of at least 4 members (excludes halogenated alkanes) is 2. The fraction of sp³-hybridized carbons (Fsp3) is 0.776. The van der Waals surface area contributed by atoms with Crippen LogP contribution in [0.1, 0.15) is 175 Å². The molecule has 12 atom stereocenters. The zero-order valence-electron chi connectivity index (χ0n) is 60.0. The van der Waals surface area contributed by atoms with Crippen LogP contribution in [0.5, 0.6) is 0 Å². The molecule has 0 saturated carbocycles. The summed E-state index contributed by atoms with van der Waals surface area (Å²) in [6.45, 7) is 28.5. The van der Waals surface area contributed by atoms with Gasteiger partial charge in [0.2, 0.25) is 65.0 Å². The first-order valence-corrected chi connectivity index (χ1v) is 32.9. The Labute approximate surface area is 549 Å². The molecule has 0 aromatic heterocycles. The number of nitriles is 1. The highest BCUT2D eigenvalue weighted by Gasteiger charge is 2.47. The Bertz CT molecular complexity index is 2600. The van der Waals surface area contributed by atoms with Gasteiger partial charge in [0, 0.05) is 62.7 Å². The van der Waals surface area contributed by atoms with E-state index >= 15 is 19.2 Å². The van der Waals surface area contributed by atoms with Crippen molar-refractivity contribution < 1.29 is 62.3 Å². The number of carbonyl (C=O) groups is 12. The number of esters is 1. The van der Waals surface area contributed by atoms with E-state index in [-0.39, 0.29) is 62.2 Å². The minimum atomic E-state index is -1.65. The Morgan fingerprint density at radius 2 is 0.967 bits per heavy atom. The zero-order valence-corrected chi connectivity index (χ0v) is 60.0. The third-order valence-electron chi connectivity index (χ3n) is 16.9. The van der Waals surface area contributed by atoms with Gasteiger partial charge in [-0.2, -0.15) is 5.26 Å². The summed E-state index contributed by atoms with van der Waals surface area (Å²) in [5, 5.41) is 20.1. The molecule has 1 heterocycles. The summed E-state index contributed by atoms with van der Waals surface area (Å²) in [4.78, 5) is 184. The number of allylic oxidation sites excluding steroid dienone is 2. The predicted octanol–water partition coefficient (Wildman–Crippen LogP) is 4.51. The number of rotatable bonds is 19. The summed E-state index contributed by atoms with van der Waals surface area (Å²) in [7, 11) is 9.84. The van der Waals surface area contributed by atoms with Crippen LogP contribution in [0.2, 0.25) is 0 Å². The number of nitrogens with one attached hydrogen (secondary N) is 4. The zero-order chi connectivity index (χ0) is 71.1. The second-order valence-corrected chi connectivity index (χ2v) is 27.6. The fourth-order valence-electron chi connectivity index (χ4n) is 11.4. The molecule has 1 fully saturated rings. The molecule has 1 saturated heterocycles. The van der Waals surface area contributed by atoms with Gasteiger partial charge in [0.05, 0.1) is 12.6 Å². The van der Waals surface area contributed by atoms with Gasteiger partial charge in [-0.3, -0.25) is 57.5 Å². The van der Waals surface area contributed by atoms with Crippen molar-refractivity contribution in [3.05, 3.63) is 12.2 Å². The van der Waals surface area contributed by atoms with E-state index in [1.807, 2.05) is 67.5 Å². The third kappa shape index (κ3) is 24.4. The predicted molar refractivity (Wildman–Crippen MR) is 352 cm³/mol. The monoisotopic (exact) mass is 1300 g/mol. The number of ether oxygens (including phenoxy) is 1. The summed E-state index contributed by atoms with van der Waals surface area (Å²) >= 11 is 0. The van der Waals surface area contributed by atoms with Crippen LogP contribution in [0.4, 0.5) is 0 Å². The highest BCUT2D eigenvalue weighted by Crippen LogP contribution is 2.27. The first-order chi connectivity index (χ1) is 42.6. The smallest absolute Gasteiger partial charge is 0.303 e. The van der Waals surface area contributed by atoms with Crippen LogP contribution in [0.25, 0.3) is 0 Å². The maximum Gasteiger partial charge on any atom is 0.303 e. The average molecular weight is 1300 g/mol. The van der Waals surface area contributed by atoms with Crippen molar-refractivity contribution in [3.8, 4) is 6.07 Å². The molecule has 0 unspecified atom stereocenters. The molecule has 1 rings (SSSR count). The Balaban J connectivity index is 4.47. The number of nitrogens with zero attached hydrogens (tertiary/aromatic N) is 8. The number of hydrogen-bond acceptors (Lipinski definition) is 14. The maximum atomic E-state index is 15.5. The van der Waals surface area contributed by atoms with Crippen LogP contribution in [0.3, 0.4) is 0 Å². The first-order valence-electron chi connectivity index (χ1n) is 32.9. The van der Waals surface area contributed by atoms with Crippen molar-refractivity contribution in [1.82, 2.24) is 55.6 Å². The Kier molecular flexibility index (Phi) is 34.9. The molecule has 0 spiro atoms. The maximum absolute atomic E-state index is 15.5. The number of likely N-dealkylation sites (N-methyl/N-ethyl adjacent to an activating group) is 7. The van der Waals surface area contributed by atoms with Crippen molar-refractivity contribution >= 4 is 70.9 Å². The van der Waals surface area contributed by atoms with E-state index in [1.165, 1.54) is 87.7 Å². The molecule has 0 radical (unpaired) electrons. The van der Waals surface area contributed by atoms with Gasteiger partial charge in [0.15, 0.2) is 0 Å². The number of amides is 11. The summed E-state index contributed by atoms with van der Waals surface area (Å²) in [6, 6.07) is -10.6. The molecule has 0 bridgehead atoms. The number of hydrogen-bond donors (Lipinski definition) is 4. The Hall–Kier alpha value is -7.13. The molecular formula is C67H116N12O13. The third-order valence-corrected chi connectivity index (χ3v) is 16.9. The van der Waals surface area contributed by atoms with Gasteiger partial charge < -0.3 is 60.3 Å². The van der Waals surface area contributed by atoms with Crippen LogP contribution in [-0.2, 0) is 62.3 Å². The summed E-state index contributed by atoms with van der Waals surface area (Å²) in [5.41, 5.74) is 0. The lowest BCUT2D eigenvalue weighted by Gasteiger charge is -2.42. The van der Waals surface area contributed by atoms with Gasteiger partial charge in [0.25, 0.3) is 0 Å². The molecule has 522 valence electrons. The van der Waals surface area contributed by atoms with E-state index in [9.17, 15) is 38.4 Å². The number of carbonyl (C=O) groups excluding carboxylic acids is 12. The second kappa shape index (κ2) is 38.8. The SMILES string of the molecule is CC[C@H]1NC(=O)[C@H]([C@H](OC(C)=O)[C@H](C)C/C=C/CCCC#N)N(C)C(=O)[C@@H](C(C)C)N(C)C(=O)[C@@H](CC(C)C)N(C)C(=O)[C@@H](CC(C)C)N(C)C(=O)[C@H](C)NC(=O)[C@@H](C)NC(=O)[C@@H](CC(C)C)N(C)C(=O)[C@@H](C(C)C)NC(=O)[C@H](CC(C)C)N(C)C(=O)CN(C)C1=O. The van der Waals surface area contributed by atoms with Crippen LogP contribution in [0.15, 0.2) is 12.2 Å². The summed E-state index contributed by atoms with van der Waals surface area (Å²) in [5.74, 6) is -11.0. The second-order valence-electron chi connectivity index (χ2n) is 27.6. The minimum absolute atomic E-state index is 0.0238. The van der Waals surface area contributed by atoms with Gasteiger partial charge in [0.1, 0.15) is 66.5 Å². The van der Waals surface area contributed by atoms with Crippen molar-refractivity contribution in [2.24, 2.45) is 41.4 Å². The lowest BCUT2D eigenvalue weighted by molar-refractivity contribution is -0.164. The molecule has 25 nitrogen and oxygen atoms in total. The fourth-order valence-corrected chi connectivity index (χ4v) is 11.4.